The lowest BCUT2D eigenvalue weighted by atomic mass is 10.1. The van der Waals surface area contributed by atoms with E-state index in [0.717, 1.165) is 33.8 Å². The predicted molar refractivity (Wildman–Crippen MR) is 69.4 cm³/mol. The maximum atomic E-state index is 6.21. The van der Waals surface area contributed by atoms with Gasteiger partial charge in [0.15, 0.2) is 0 Å². The molecular formula is C11H12BrClN2. The number of nitrogens with one attached hydrogen (secondary N) is 2. The van der Waals surface area contributed by atoms with Crippen LogP contribution >= 0.6 is 27.5 Å². The van der Waals surface area contributed by atoms with Crippen LogP contribution in [0.1, 0.15) is 11.1 Å². The average molecular weight is 288 g/mol. The molecule has 0 amide bonds. The molecule has 1 aliphatic heterocycles. The van der Waals surface area contributed by atoms with Gasteiger partial charge in [-0.15, -0.1) is 0 Å². The minimum Gasteiger partial charge on any atom is -0.380 e. The summed E-state index contributed by atoms with van der Waals surface area (Å²) in [5.74, 6) is 0. The largest absolute Gasteiger partial charge is 0.380 e. The zero-order chi connectivity index (χ0) is 10.8. The maximum absolute atomic E-state index is 6.21. The Morgan fingerprint density at radius 2 is 2.40 bits per heavy atom. The van der Waals surface area contributed by atoms with Gasteiger partial charge in [0.25, 0.3) is 0 Å². The van der Waals surface area contributed by atoms with Crippen molar-refractivity contribution in [3.8, 4) is 0 Å². The van der Waals surface area contributed by atoms with E-state index in [-0.39, 0.29) is 0 Å². The second kappa shape index (κ2) is 4.56. The van der Waals surface area contributed by atoms with Gasteiger partial charge < -0.3 is 10.6 Å². The number of halogens is 2. The van der Waals surface area contributed by atoms with Crippen molar-refractivity contribution in [3.63, 3.8) is 0 Å². The van der Waals surface area contributed by atoms with E-state index < -0.39 is 0 Å². The lowest BCUT2D eigenvalue weighted by molar-refractivity contribution is 0.814. The monoisotopic (exact) mass is 286 g/mol. The standard InChI is InChI=1S/C11H12BrClN2/c1-14-6-7-5-9(13)11-8(10(7)12)3-2-4-15-11/h2-3,5,14-15H,4,6H2,1H3. The van der Waals surface area contributed by atoms with Crippen molar-refractivity contribution in [2.24, 2.45) is 0 Å². The highest BCUT2D eigenvalue weighted by Gasteiger charge is 2.14. The molecule has 0 aliphatic carbocycles. The summed E-state index contributed by atoms with van der Waals surface area (Å²) in [5, 5.41) is 7.18. The van der Waals surface area contributed by atoms with Gasteiger partial charge in [-0.25, -0.2) is 0 Å². The Bertz CT molecular complexity index is 416. The number of hydrogen-bond donors (Lipinski definition) is 2. The summed E-state index contributed by atoms with van der Waals surface area (Å²) >= 11 is 9.82. The van der Waals surface area contributed by atoms with Crippen LogP contribution in [0.25, 0.3) is 6.08 Å². The molecule has 15 heavy (non-hydrogen) atoms. The number of fused-ring (bicyclic) bond motifs is 1. The van der Waals surface area contributed by atoms with Crippen molar-refractivity contribution >= 4 is 39.3 Å². The fourth-order valence-electron chi connectivity index (χ4n) is 1.69. The molecule has 4 heteroatoms. The molecule has 0 bridgehead atoms. The van der Waals surface area contributed by atoms with Crippen molar-refractivity contribution in [2.75, 3.05) is 18.9 Å². The van der Waals surface area contributed by atoms with Gasteiger partial charge in [-0.2, -0.15) is 0 Å². The topological polar surface area (TPSA) is 24.1 Å². The third-order valence-corrected chi connectivity index (χ3v) is 3.61. The number of hydrogen-bond acceptors (Lipinski definition) is 2. The highest BCUT2D eigenvalue weighted by molar-refractivity contribution is 9.10. The molecule has 0 spiro atoms. The third-order valence-electron chi connectivity index (χ3n) is 2.38. The van der Waals surface area contributed by atoms with E-state index >= 15 is 0 Å². The molecule has 1 aromatic carbocycles. The predicted octanol–water partition coefficient (Wildman–Crippen LogP) is 3.26. The molecule has 0 aromatic heterocycles. The first-order chi connectivity index (χ1) is 7.24. The molecule has 1 heterocycles. The molecule has 2 rings (SSSR count). The summed E-state index contributed by atoms with van der Waals surface area (Å²) in [5.41, 5.74) is 3.33. The van der Waals surface area contributed by atoms with E-state index in [0.29, 0.717) is 0 Å². The van der Waals surface area contributed by atoms with E-state index in [4.69, 9.17) is 11.6 Å². The Morgan fingerprint density at radius 3 is 3.13 bits per heavy atom. The van der Waals surface area contributed by atoms with Crippen LogP contribution in [0.4, 0.5) is 5.69 Å². The minimum absolute atomic E-state index is 0.780. The molecular weight excluding hydrogens is 275 g/mol. The smallest absolute Gasteiger partial charge is 0.0647 e. The van der Waals surface area contributed by atoms with Gasteiger partial charge in [-0.1, -0.05) is 23.8 Å². The quantitative estimate of drug-likeness (QED) is 0.872. The van der Waals surface area contributed by atoms with Crippen LogP contribution in [-0.4, -0.2) is 13.6 Å². The van der Waals surface area contributed by atoms with Crippen LogP contribution in [-0.2, 0) is 6.54 Å². The summed E-state index contributed by atoms with van der Waals surface area (Å²) < 4.78 is 1.11. The summed E-state index contributed by atoms with van der Waals surface area (Å²) in [6, 6.07) is 1.99. The van der Waals surface area contributed by atoms with Crippen LogP contribution in [0.5, 0.6) is 0 Å². The van der Waals surface area contributed by atoms with Crippen LogP contribution < -0.4 is 10.6 Å². The molecule has 0 saturated carbocycles. The molecule has 1 aliphatic rings. The third kappa shape index (κ3) is 2.05. The van der Waals surface area contributed by atoms with E-state index in [1.54, 1.807) is 0 Å². The lowest BCUT2D eigenvalue weighted by Gasteiger charge is -2.18. The Labute approximate surface area is 103 Å². The van der Waals surface area contributed by atoms with Crippen molar-refractivity contribution in [1.29, 1.82) is 0 Å². The molecule has 2 N–H and O–H groups in total. The number of rotatable bonds is 2. The molecule has 0 radical (unpaired) electrons. The highest BCUT2D eigenvalue weighted by Crippen LogP contribution is 2.37. The second-order valence-corrected chi connectivity index (χ2v) is 4.63. The van der Waals surface area contributed by atoms with Gasteiger partial charge in [-0.05, 0) is 34.6 Å². The normalized spacial score (nSPS) is 13.5. The highest BCUT2D eigenvalue weighted by atomic mass is 79.9. The zero-order valence-electron chi connectivity index (χ0n) is 8.40. The van der Waals surface area contributed by atoms with Crippen molar-refractivity contribution in [1.82, 2.24) is 5.32 Å². The molecule has 0 fully saturated rings. The minimum atomic E-state index is 0.780. The first-order valence-electron chi connectivity index (χ1n) is 4.80. The van der Waals surface area contributed by atoms with Gasteiger partial charge in [0.05, 0.1) is 10.7 Å². The van der Waals surface area contributed by atoms with E-state index in [9.17, 15) is 0 Å². The fourth-order valence-corrected chi connectivity index (χ4v) is 2.58. The Morgan fingerprint density at radius 1 is 1.60 bits per heavy atom. The summed E-state index contributed by atoms with van der Waals surface area (Å²) in [7, 11) is 1.92. The summed E-state index contributed by atoms with van der Waals surface area (Å²) in [4.78, 5) is 0. The second-order valence-electron chi connectivity index (χ2n) is 3.43. The van der Waals surface area contributed by atoms with Crippen molar-refractivity contribution in [3.05, 3.63) is 32.8 Å². The van der Waals surface area contributed by atoms with Crippen molar-refractivity contribution in [2.45, 2.75) is 6.54 Å². The fraction of sp³-hybridized carbons (Fsp3) is 0.273. The Balaban J connectivity index is 2.56. The molecule has 0 atom stereocenters. The molecule has 1 aromatic rings. The Hall–Kier alpha value is -0.510. The van der Waals surface area contributed by atoms with Crippen molar-refractivity contribution < 1.29 is 0 Å². The van der Waals surface area contributed by atoms with Gasteiger partial charge in [-0.3, -0.25) is 0 Å². The first-order valence-corrected chi connectivity index (χ1v) is 5.97. The number of benzene rings is 1. The van der Waals surface area contributed by atoms with E-state index in [2.05, 4.69) is 38.7 Å². The SMILES string of the molecule is CNCc1cc(Cl)c2c(c1Br)C=CCN2. The summed E-state index contributed by atoms with van der Waals surface area (Å²) in [6.07, 6.45) is 4.19. The molecule has 0 saturated heterocycles. The van der Waals surface area contributed by atoms with Gasteiger partial charge in [0.1, 0.15) is 0 Å². The Kier molecular flexibility index (Phi) is 3.34. The van der Waals surface area contributed by atoms with Gasteiger partial charge in [0.2, 0.25) is 0 Å². The summed E-state index contributed by atoms with van der Waals surface area (Å²) in [6.45, 7) is 1.64. The molecule has 80 valence electrons. The van der Waals surface area contributed by atoms with E-state index in [1.807, 2.05) is 13.1 Å². The number of anilines is 1. The van der Waals surface area contributed by atoms with E-state index in [1.165, 1.54) is 5.56 Å². The average Bonchev–Trinajstić information content (AvgIpc) is 2.26. The van der Waals surface area contributed by atoms with Crippen LogP contribution in [0, 0.1) is 0 Å². The molecule has 2 nitrogen and oxygen atoms in total. The van der Waals surface area contributed by atoms with Crippen LogP contribution in [0.3, 0.4) is 0 Å². The zero-order valence-corrected chi connectivity index (χ0v) is 10.7. The maximum Gasteiger partial charge on any atom is 0.0647 e. The van der Waals surface area contributed by atoms with Gasteiger partial charge in [0, 0.05) is 23.1 Å². The first kappa shape index (κ1) is 11.0. The van der Waals surface area contributed by atoms with Gasteiger partial charge >= 0.3 is 0 Å². The molecule has 0 unspecified atom stereocenters. The van der Waals surface area contributed by atoms with Crippen LogP contribution in [0.15, 0.2) is 16.6 Å². The van der Waals surface area contributed by atoms with Crippen LogP contribution in [0.2, 0.25) is 5.02 Å². The lowest BCUT2D eigenvalue weighted by Crippen LogP contribution is -2.10.